The number of carbonyl (C=O) groups is 3. The average Bonchev–Trinajstić information content (AvgIpc) is 2.68. The third kappa shape index (κ3) is 3.24. The molecule has 2 heterocycles. The second-order valence-electron chi connectivity index (χ2n) is 5.46. The van der Waals surface area contributed by atoms with Crippen LogP contribution in [0.1, 0.15) is 26.2 Å². The normalized spacial score (nSPS) is 24.7. The fourth-order valence-electron chi connectivity index (χ4n) is 2.74. The molecule has 2 rings (SSSR count). The van der Waals surface area contributed by atoms with Gasteiger partial charge < -0.3 is 15.1 Å². The lowest BCUT2D eigenvalue weighted by Crippen LogP contribution is -2.45. The molecule has 2 saturated heterocycles. The maximum absolute atomic E-state index is 12.1. The molecule has 106 valence electrons. The van der Waals surface area contributed by atoms with Crippen LogP contribution in [0.25, 0.3) is 0 Å². The van der Waals surface area contributed by atoms with Crippen molar-refractivity contribution in [3.05, 3.63) is 0 Å². The first kappa shape index (κ1) is 13.8. The molecule has 2 aliphatic rings. The molecule has 6 nitrogen and oxygen atoms in total. The lowest BCUT2D eigenvalue weighted by Gasteiger charge is -2.31. The van der Waals surface area contributed by atoms with E-state index in [9.17, 15) is 14.4 Å². The van der Waals surface area contributed by atoms with E-state index in [-0.39, 0.29) is 29.7 Å². The first-order valence-corrected chi connectivity index (χ1v) is 6.77. The number of carbonyl (C=O) groups excluding carboxylic acids is 3. The number of likely N-dealkylation sites (tertiary alicyclic amines) is 2. The highest BCUT2D eigenvalue weighted by atomic mass is 16.2. The van der Waals surface area contributed by atoms with Crippen molar-refractivity contribution in [2.24, 2.45) is 5.92 Å². The van der Waals surface area contributed by atoms with E-state index in [1.807, 2.05) is 0 Å². The smallest absolute Gasteiger partial charge is 0.224 e. The Labute approximate surface area is 113 Å². The van der Waals surface area contributed by atoms with Crippen molar-refractivity contribution in [2.75, 3.05) is 26.7 Å². The Morgan fingerprint density at radius 2 is 1.89 bits per heavy atom. The molecule has 0 radical (unpaired) electrons. The van der Waals surface area contributed by atoms with E-state index in [2.05, 4.69) is 5.32 Å². The number of hydrogen-bond acceptors (Lipinski definition) is 3. The van der Waals surface area contributed by atoms with Crippen LogP contribution in [-0.2, 0) is 14.4 Å². The van der Waals surface area contributed by atoms with Gasteiger partial charge >= 0.3 is 0 Å². The molecule has 1 unspecified atom stereocenters. The number of nitrogens with zero attached hydrogens (tertiary/aromatic N) is 2. The number of likely N-dealkylation sites (N-methyl/N-ethyl adjacent to an activating group) is 1. The Balaban J connectivity index is 1.79. The van der Waals surface area contributed by atoms with Crippen molar-refractivity contribution in [3.63, 3.8) is 0 Å². The van der Waals surface area contributed by atoms with Crippen LogP contribution >= 0.6 is 0 Å². The first-order valence-electron chi connectivity index (χ1n) is 6.77. The van der Waals surface area contributed by atoms with Crippen LogP contribution in [0.3, 0.4) is 0 Å². The summed E-state index contributed by atoms with van der Waals surface area (Å²) in [7, 11) is 1.75. The van der Waals surface area contributed by atoms with E-state index in [0.717, 1.165) is 0 Å². The Morgan fingerprint density at radius 3 is 2.37 bits per heavy atom. The lowest BCUT2D eigenvalue weighted by molar-refractivity contribution is -0.134. The third-order valence-corrected chi connectivity index (χ3v) is 4.00. The van der Waals surface area contributed by atoms with Crippen LogP contribution in [0.5, 0.6) is 0 Å². The fourth-order valence-corrected chi connectivity index (χ4v) is 2.74. The highest BCUT2D eigenvalue weighted by molar-refractivity contribution is 5.83. The van der Waals surface area contributed by atoms with E-state index in [1.54, 1.807) is 23.8 Å². The van der Waals surface area contributed by atoms with Crippen LogP contribution in [0.2, 0.25) is 0 Å². The summed E-state index contributed by atoms with van der Waals surface area (Å²) in [5, 5.41) is 2.95. The van der Waals surface area contributed by atoms with Crippen molar-refractivity contribution in [2.45, 2.75) is 32.2 Å². The fraction of sp³-hybridized carbons (Fsp3) is 0.769. The summed E-state index contributed by atoms with van der Waals surface area (Å²) in [5.41, 5.74) is 0. The standard InChI is InChI=1S/C13H21N3O3/c1-9(17)16-5-3-10(4-6-16)13(19)14-11-7-12(18)15(2)8-11/h10-11H,3-8H2,1-2H3,(H,14,19). The van der Waals surface area contributed by atoms with Gasteiger partial charge in [-0.15, -0.1) is 0 Å². The molecule has 0 aromatic heterocycles. The zero-order valence-electron chi connectivity index (χ0n) is 11.5. The van der Waals surface area contributed by atoms with Crippen LogP contribution in [0.4, 0.5) is 0 Å². The number of rotatable bonds is 2. The van der Waals surface area contributed by atoms with E-state index in [4.69, 9.17) is 0 Å². The quantitative estimate of drug-likeness (QED) is 0.739. The molecule has 6 heteroatoms. The number of nitrogens with one attached hydrogen (secondary N) is 1. The summed E-state index contributed by atoms with van der Waals surface area (Å²) in [5.74, 6) is 0.145. The van der Waals surface area contributed by atoms with Gasteiger partial charge in [0.2, 0.25) is 17.7 Å². The molecule has 1 N–H and O–H groups in total. The summed E-state index contributed by atoms with van der Waals surface area (Å²) in [6, 6.07) is -0.0594. The largest absolute Gasteiger partial charge is 0.351 e. The molecule has 3 amide bonds. The summed E-state index contributed by atoms with van der Waals surface area (Å²) in [6.45, 7) is 3.45. The van der Waals surface area contributed by atoms with Crippen LogP contribution < -0.4 is 5.32 Å². The summed E-state index contributed by atoms with van der Waals surface area (Å²) < 4.78 is 0. The van der Waals surface area contributed by atoms with Crippen LogP contribution in [0, 0.1) is 5.92 Å². The molecule has 1 atom stereocenters. The van der Waals surface area contributed by atoms with Gasteiger partial charge in [0, 0.05) is 45.9 Å². The number of piperidine rings is 1. The van der Waals surface area contributed by atoms with E-state index < -0.39 is 0 Å². The maximum atomic E-state index is 12.1. The molecule has 0 aromatic rings. The summed E-state index contributed by atoms with van der Waals surface area (Å²) in [6.07, 6.45) is 1.82. The molecule has 0 aromatic carbocycles. The number of amides is 3. The van der Waals surface area contributed by atoms with Crippen molar-refractivity contribution < 1.29 is 14.4 Å². The topological polar surface area (TPSA) is 69.7 Å². The first-order chi connectivity index (χ1) is 8.97. The second-order valence-corrected chi connectivity index (χ2v) is 5.46. The van der Waals surface area contributed by atoms with Gasteiger partial charge in [-0.25, -0.2) is 0 Å². The molecule has 0 aliphatic carbocycles. The van der Waals surface area contributed by atoms with Crippen LogP contribution in [0.15, 0.2) is 0 Å². The van der Waals surface area contributed by atoms with Gasteiger partial charge in [0.1, 0.15) is 0 Å². The minimum atomic E-state index is -0.0594. The Hall–Kier alpha value is -1.59. The van der Waals surface area contributed by atoms with E-state index >= 15 is 0 Å². The van der Waals surface area contributed by atoms with Gasteiger partial charge in [0.15, 0.2) is 0 Å². The second kappa shape index (κ2) is 5.59. The van der Waals surface area contributed by atoms with E-state index in [1.165, 1.54) is 0 Å². The van der Waals surface area contributed by atoms with Gasteiger partial charge in [-0.1, -0.05) is 0 Å². The molecular weight excluding hydrogens is 246 g/mol. The molecular formula is C13H21N3O3. The molecule has 2 aliphatic heterocycles. The monoisotopic (exact) mass is 267 g/mol. The predicted molar refractivity (Wildman–Crippen MR) is 69.2 cm³/mol. The van der Waals surface area contributed by atoms with Crippen molar-refractivity contribution >= 4 is 17.7 Å². The predicted octanol–water partition coefficient (Wildman–Crippen LogP) is -0.408. The Kier molecular flexibility index (Phi) is 4.07. The van der Waals surface area contributed by atoms with Crippen molar-refractivity contribution in [3.8, 4) is 0 Å². The average molecular weight is 267 g/mol. The molecule has 0 bridgehead atoms. The molecule has 0 spiro atoms. The lowest BCUT2D eigenvalue weighted by atomic mass is 9.95. The van der Waals surface area contributed by atoms with Gasteiger partial charge in [-0.2, -0.15) is 0 Å². The van der Waals surface area contributed by atoms with Gasteiger partial charge in [0.25, 0.3) is 0 Å². The van der Waals surface area contributed by atoms with Gasteiger partial charge in [-0.05, 0) is 12.8 Å². The SMILES string of the molecule is CC(=O)N1CCC(C(=O)NC2CC(=O)N(C)C2)CC1. The Bertz CT molecular complexity index is 389. The van der Waals surface area contributed by atoms with Crippen LogP contribution in [-0.4, -0.2) is 60.2 Å². The number of hydrogen-bond donors (Lipinski definition) is 1. The van der Waals surface area contributed by atoms with Gasteiger partial charge in [0.05, 0.1) is 6.04 Å². The zero-order chi connectivity index (χ0) is 14.0. The zero-order valence-corrected chi connectivity index (χ0v) is 11.5. The summed E-state index contributed by atoms with van der Waals surface area (Å²) in [4.78, 5) is 38.1. The highest BCUT2D eigenvalue weighted by Gasteiger charge is 2.31. The highest BCUT2D eigenvalue weighted by Crippen LogP contribution is 2.18. The maximum Gasteiger partial charge on any atom is 0.224 e. The molecule has 0 saturated carbocycles. The van der Waals surface area contributed by atoms with Crippen molar-refractivity contribution in [1.29, 1.82) is 0 Å². The third-order valence-electron chi connectivity index (χ3n) is 4.00. The minimum absolute atomic E-state index is 0.0244. The summed E-state index contributed by atoms with van der Waals surface area (Å²) >= 11 is 0. The molecule has 2 fully saturated rings. The Morgan fingerprint density at radius 1 is 1.26 bits per heavy atom. The van der Waals surface area contributed by atoms with Gasteiger partial charge in [-0.3, -0.25) is 14.4 Å². The minimum Gasteiger partial charge on any atom is -0.351 e. The van der Waals surface area contributed by atoms with Crippen molar-refractivity contribution in [1.82, 2.24) is 15.1 Å². The molecule has 19 heavy (non-hydrogen) atoms. The van der Waals surface area contributed by atoms with E-state index in [0.29, 0.717) is 38.9 Å².